The Balaban J connectivity index is 1.47. The molecular weight excluding hydrogens is 631 g/mol. The highest BCUT2D eigenvalue weighted by molar-refractivity contribution is 6.10. The standard InChI is InChI=1S/C40H23F5N4/c41-29-19-27(20-30(42)23-29)26-15-18-35(49-34-14-8-7-13-31(34)32-17-16-28(22-36(32)49)40(43,44)45)33(21-26)39-47-37(24-9-3-1-4-10-24)46-38(48-39)25-11-5-2-6-12-25/h1-23H. The molecule has 0 atom stereocenters. The SMILES string of the molecule is Fc1cc(F)cc(-c2ccc(-n3c4ccccc4c4ccc(C(F)(F)F)cc43)c(-c3nc(-c4ccccc4)nc(-c4ccccc4)n3)c2)c1. The van der Waals surface area contributed by atoms with Crippen molar-refractivity contribution in [1.29, 1.82) is 0 Å². The fraction of sp³-hybridized carbons (Fsp3) is 0.0250. The number of hydrogen-bond donors (Lipinski definition) is 0. The second-order valence-electron chi connectivity index (χ2n) is 11.5. The Bertz CT molecular complexity index is 2430. The molecule has 0 bridgehead atoms. The van der Waals surface area contributed by atoms with Gasteiger partial charge in [0.1, 0.15) is 11.6 Å². The molecular formula is C40H23F5N4. The van der Waals surface area contributed by atoms with Crippen LogP contribution in [0.25, 0.3) is 72.8 Å². The first-order valence-electron chi connectivity index (χ1n) is 15.3. The molecule has 0 aliphatic carbocycles. The Morgan fingerprint density at radius 1 is 0.449 bits per heavy atom. The number of alkyl halides is 3. The van der Waals surface area contributed by atoms with Gasteiger partial charge in [0.05, 0.1) is 22.3 Å². The number of benzene rings is 6. The summed E-state index contributed by atoms with van der Waals surface area (Å²) in [6.45, 7) is 0. The van der Waals surface area contributed by atoms with Crippen molar-refractivity contribution in [3.05, 3.63) is 157 Å². The molecule has 0 aliphatic heterocycles. The lowest BCUT2D eigenvalue weighted by atomic mass is 10.0. The molecule has 0 aliphatic rings. The van der Waals surface area contributed by atoms with Crippen LogP contribution in [0.1, 0.15) is 5.56 Å². The number of rotatable bonds is 5. The van der Waals surface area contributed by atoms with Crippen LogP contribution in [-0.4, -0.2) is 19.5 Å². The van der Waals surface area contributed by atoms with E-state index in [1.165, 1.54) is 18.2 Å². The van der Waals surface area contributed by atoms with Gasteiger partial charge >= 0.3 is 6.18 Å². The van der Waals surface area contributed by atoms with Gasteiger partial charge in [-0.3, -0.25) is 0 Å². The van der Waals surface area contributed by atoms with Crippen molar-refractivity contribution in [2.45, 2.75) is 6.18 Å². The summed E-state index contributed by atoms with van der Waals surface area (Å²) in [7, 11) is 0. The largest absolute Gasteiger partial charge is 0.416 e. The van der Waals surface area contributed by atoms with Gasteiger partial charge in [0.15, 0.2) is 17.5 Å². The van der Waals surface area contributed by atoms with Crippen LogP contribution in [0.2, 0.25) is 0 Å². The van der Waals surface area contributed by atoms with Crippen molar-refractivity contribution < 1.29 is 22.0 Å². The Hall–Kier alpha value is -6.22. The molecule has 0 saturated heterocycles. The summed E-state index contributed by atoms with van der Waals surface area (Å²) in [6.07, 6.45) is -4.58. The third kappa shape index (κ3) is 5.59. The predicted molar refractivity (Wildman–Crippen MR) is 181 cm³/mol. The van der Waals surface area contributed by atoms with Gasteiger partial charge in [0.2, 0.25) is 0 Å². The summed E-state index contributed by atoms with van der Waals surface area (Å²) in [5, 5.41) is 1.37. The van der Waals surface area contributed by atoms with Gasteiger partial charge in [-0.2, -0.15) is 13.2 Å². The molecule has 8 rings (SSSR count). The summed E-state index contributed by atoms with van der Waals surface area (Å²) >= 11 is 0. The minimum Gasteiger partial charge on any atom is -0.308 e. The molecule has 238 valence electrons. The van der Waals surface area contributed by atoms with Crippen molar-refractivity contribution in [2.75, 3.05) is 0 Å². The van der Waals surface area contributed by atoms with Gasteiger partial charge < -0.3 is 4.57 Å². The third-order valence-electron chi connectivity index (χ3n) is 8.37. The van der Waals surface area contributed by atoms with Gasteiger partial charge in [-0.1, -0.05) is 91.0 Å². The van der Waals surface area contributed by atoms with Gasteiger partial charge in [-0.05, 0) is 53.6 Å². The first-order chi connectivity index (χ1) is 23.7. The van der Waals surface area contributed by atoms with Crippen LogP contribution in [0.3, 0.4) is 0 Å². The van der Waals surface area contributed by atoms with Crippen LogP contribution in [0, 0.1) is 11.6 Å². The lowest BCUT2D eigenvalue weighted by Crippen LogP contribution is -2.06. The molecule has 49 heavy (non-hydrogen) atoms. The quantitative estimate of drug-likeness (QED) is 0.174. The van der Waals surface area contributed by atoms with Crippen LogP contribution < -0.4 is 0 Å². The molecule has 9 heteroatoms. The second-order valence-corrected chi connectivity index (χ2v) is 11.5. The van der Waals surface area contributed by atoms with Crippen molar-refractivity contribution in [2.24, 2.45) is 0 Å². The van der Waals surface area contributed by atoms with Crippen molar-refractivity contribution in [3.8, 4) is 51.0 Å². The van der Waals surface area contributed by atoms with Crippen molar-refractivity contribution >= 4 is 21.8 Å². The first kappa shape index (κ1) is 30.1. The molecule has 8 aromatic rings. The van der Waals surface area contributed by atoms with Crippen LogP contribution in [0.5, 0.6) is 0 Å². The van der Waals surface area contributed by atoms with E-state index in [4.69, 9.17) is 15.0 Å². The van der Waals surface area contributed by atoms with Crippen LogP contribution in [-0.2, 0) is 6.18 Å². The number of halogens is 5. The maximum atomic E-state index is 14.4. The minimum atomic E-state index is -4.58. The van der Waals surface area contributed by atoms with E-state index in [9.17, 15) is 22.0 Å². The highest BCUT2D eigenvalue weighted by Crippen LogP contribution is 2.40. The average Bonchev–Trinajstić information content (AvgIpc) is 3.45. The summed E-state index contributed by atoms with van der Waals surface area (Å²) in [6, 6.07) is 38.0. The van der Waals surface area contributed by atoms with Crippen LogP contribution >= 0.6 is 0 Å². The highest BCUT2D eigenvalue weighted by atomic mass is 19.4. The van der Waals surface area contributed by atoms with E-state index in [0.29, 0.717) is 44.9 Å². The second kappa shape index (κ2) is 11.8. The van der Waals surface area contributed by atoms with E-state index in [0.717, 1.165) is 34.7 Å². The fourth-order valence-electron chi connectivity index (χ4n) is 6.15. The molecule has 4 nitrogen and oxygen atoms in total. The highest BCUT2D eigenvalue weighted by Gasteiger charge is 2.31. The first-order valence-corrected chi connectivity index (χ1v) is 15.3. The Morgan fingerprint density at radius 3 is 1.65 bits per heavy atom. The third-order valence-corrected chi connectivity index (χ3v) is 8.37. The Labute approximate surface area is 276 Å². The molecule has 0 radical (unpaired) electrons. The Morgan fingerprint density at radius 2 is 1.02 bits per heavy atom. The monoisotopic (exact) mass is 654 g/mol. The number of hydrogen-bond acceptors (Lipinski definition) is 3. The molecule has 0 saturated carbocycles. The van der Waals surface area contributed by atoms with E-state index in [1.807, 2.05) is 84.9 Å². The maximum absolute atomic E-state index is 14.4. The van der Waals surface area contributed by atoms with E-state index >= 15 is 0 Å². The van der Waals surface area contributed by atoms with Gasteiger partial charge in [-0.25, -0.2) is 23.7 Å². The minimum absolute atomic E-state index is 0.222. The van der Waals surface area contributed by atoms with Gasteiger partial charge in [0, 0.05) is 33.5 Å². The molecule has 6 aromatic carbocycles. The molecule has 0 N–H and O–H groups in total. The van der Waals surface area contributed by atoms with E-state index in [1.54, 1.807) is 22.8 Å². The van der Waals surface area contributed by atoms with Gasteiger partial charge in [-0.15, -0.1) is 0 Å². The van der Waals surface area contributed by atoms with Crippen molar-refractivity contribution in [3.63, 3.8) is 0 Å². The van der Waals surface area contributed by atoms with Gasteiger partial charge in [0.25, 0.3) is 0 Å². The summed E-state index contributed by atoms with van der Waals surface area (Å²) in [5.41, 5.74) is 3.24. The zero-order chi connectivity index (χ0) is 33.7. The molecule has 0 fully saturated rings. The summed E-state index contributed by atoms with van der Waals surface area (Å²) < 4.78 is 72.8. The van der Waals surface area contributed by atoms with E-state index in [2.05, 4.69) is 0 Å². The number of para-hydroxylation sites is 1. The summed E-state index contributed by atoms with van der Waals surface area (Å²) in [4.78, 5) is 14.6. The molecule has 2 heterocycles. The summed E-state index contributed by atoms with van der Waals surface area (Å²) in [5.74, 6) is -0.529. The Kier molecular flexibility index (Phi) is 7.25. The zero-order valence-electron chi connectivity index (χ0n) is 25.5. The van der Waals surface area contributed by atoms with E-state index in [-0.39, 0.29) is 11.4 Å². The van der Waals surface area contributed by atoms with E-state index < -0.39 is 23.4 Å². The molecule has 0 amide bonds. The van der Waals surface area contributed by atoms with Crippen molar-refractivity contribution in [1.82, 2.24) is 19.5 Å². The number of nitrogens with zero attached hydrogens (tertiary/aromatic N) is 4. The smallest absolute Gasteiger partial charge is 0.308 e. The number of fused-ring (bicyclic) bond motifs is 3. The maximum Gasteiger partial charge on any atom is 0.416 e. The number of aromatic nitrogens is 4. The predicted octanol–water partition coefficient (Wildman–Crippen LogP) is 10.9. The normalized spacial score (nSPS) is 11.8. The molecule has 2 aromatic heterocycles. The molecule has 0 unspecified atom stereocenters. The molecule has 0 spiro atoms. The van der Waals surface area contributed by atoms with Crippen LogP contribution in [0.4, 0.5) is 22.0 Å². The van der Waals surface area contributed by atoms with Crippen LogP contribution in [0.15, 0.2) is 140 Å². The fourth-order valence-corrected chi connectivity index (χ4v) is 6.15. The lowest BCUT2D eigenvalue weighted by molar-refractivity contribution is -0.137. The lowest BCUT2D eigenvalue weighted by Gasteiger charge is -2.17. The zero-order valence-corrected chi connectivity index (χ0v) is 25.5. The average molecular weight is 655 g/mol. The topological polar surface area (TPSA) is 43.6 Å².